The van der Waals surface area contributed by atoms with Gasteiger partial charge in [-0.3, -0.25) is 9.59 Å². The number of pyridine rings is 1. The minimum absolute atomic E-state index is 0.118. The Balaban J connectivity index is 2.09. The summed E-state index contributed by atoms with van der Waals surface area (Å²) in [5, 5.41) is 9.75. The van der Waals surface area contributed by atoms with E-state index in [0.29, 0.717) is 12.3 Å². The Bertz CT molecular complexity index is 726. The number of nitriles is 1. The number of likely N-dealkylation sites (N-methyl/N-ethyl adjacent to an activating group) is 1. The lowest BCUT2D eigenvalue weighted by Crippen LogP contribution is -2.60. The minimum atomic E-state index is -0.850. The smallest absolute Gasteiger partial charge is 0.246 e. The van der Waals surface area contributed by atoms with E-state index in [1.807, 2.05) is 0 Å². The molecule has 0 aromatic carbocycles. The van der Waals surface area contributed by atoms with Crippen LogP contribution in [0.25, 0.3) is 0 Å². The first-order valence-electron chi connectivity index (χ1n) is 7.84. The molecule has 3 heterocycles. The Kier molecular flexibility index (Phi) is 3.71. The molecular formula is C17H20N4O3. The van der Waals surface area contributed by atoms with Crippen LogP contribution in [-0.4, -0.2) is 52.8 Å². The fourth-order valence-electron chi connectivity index (χ4n) is 3.70. The highest BCUT2D eigenvalue weighted by Crippen LogP contribution is 2.51. The van der Waals surface area contributed by atoms with Crippen LogP contribution >= 0.6 is 0 Å². The van der Waals surface area contributed by atoms with Crippen LogP contribution in [0.5, 0.6) is 5.88 Å². The van der Waals surface area contributed by atoms with Crippen LogP contribution in [0.2, 0.25) is 0 Å². The van der Waals surface area contributed by atoms with Gasteiger partial charge in [0.2, 0.25) is 17.7 Å². The summed E-state index contributed by atoms with van der Waals surface area (Å²) in [5.74, 6) is 0.204. The van der Waals surface area contributed by atoms with Crippen molar-refractivity contribution < 1.29 is 14.3 Å². The monoisotopic (exact) mass is 328 g/mol. The largest absolute Gasteiger partial charge is 0.481 e. The first kappa shape index (κ1) is 16.2. The molecule has 0 N–H and O–H groups in total. The predicted molar refractivity (Wildman–Crippen MR) is 84.7 cm³/mol. The van der Waals surface area contributed by atoms with Gasteiger partial charge in [0.1, 0.15) is 12.1 Å². The van der Waals surface area contributed by atoms with Gasteiger partial charge in [-0.1, -0.05) is 0 Å². The number of methoxy groups -OCH3 is 1. The van der Waals surface area contributed by atoms with Crippen LogP contribution in [0.3, 0.4) is 0 Å². The number of carbonyl (C=O) groups is 2. The molecule has 2 saturated heterocycles. The maximum atomic E-state index is 12.9. The number of fused-ring (bicyclic) bond motifs is 1. The molecule has 3 rings (SSSR count). The van der Waals surface area contributed by atoms with Crippen LogP contribution in [0.15, 0.2) is 18.3 Å². The maximum Gasteiger partial charge on any atom is 0.246 e. The van der Waals surface area contributed by atoms with Gasteiger partial charge in [0, 0.05) is 19.3 Å². The van der Waals surface area contributed by atoms with Crippen molar-refractivity contribution in [3.05, 3.63) is 23.9 Å². The lowest BCUT2D eigenvalue weighted by molar-refractivity contribution is -0.159. The Morgan fingerprint density at radius 1 is 1.38 bits per heavy atom. The average molecular weight is 328 g/mol. The Hall–Kier alpha value is -2.62. The minimum Gasteiger partial charge on any atom is -0.481 e. The number of piperazine rings is 1. The van der Waals surface area contributed by atoms with E-state index in [2.05, 4.69) is 11.1 Å². The highest BCUT2D eigenvalue weighted by Gasteiger charge is 2.58. The molecule has 1 aromatic heterocycles. The van der Waals surface area contributed by atoms with Gasteiger partial charge in [0.05, 0.1) is 24.6 Å². The van der Waals surface area contributed by atoms with Crippen molar-refractivity contribution in [1.82, 2.24) is 14.8 Å². The van der Waals surface area contributed by atoms with E-state index in [4.69, 9.17) is 4.74 Å². The highest BCUT2D eigenvalue weighted by molar-refractivity contribution is 5.97. The van der Waals surface area contributed by atoms with Crippen LogP contribution in [0, 0.1) is 16.7 Å². The molecule has 1 aromatic rings. The molecule has 2 aliphatic heterocycles. The molecule has 2 fully saturated rings. The zero-order valence-electron chi connectivity index (χ0n) is 14.2. The van der Waals surface area contributed by atoms with Crippen LogP contribution in [0.4, 0.5) is 0 Å². The highest BCUT2D eigenvalue weighted by atomic mass is 16.5. The van der Waals surface area contributed by atoms with Crippen molar-refractivity contribution in [3.8, 4) is 11.9 Å². The topological polar surface area (TPSA) is 86.5 Å². The molecule has 2 amide bonds. The van der Waals surface area contributed by atoms with E-state index < -0.39 is 23.5 Å². The SMILES string of the molecule is COc1ccc([C@@H]2N3C(=O)[C@@H](C)N(C)C(=O)[C@@H]3C[C@]2(C)C#N)cn1. The number of amides is 2. The van der Waals surface area contributed by atoms with Gasteiger partial charge in [-0.15, -0.1) is 0 Å². The lowest BCUT2D eigenvalue weighted by Gasteiger charge is -2.41. The molecule has 0 spiro atoms. The lowest BCUT2D eigenvalue weighted by atomic mass is 9.80. The molecule has 4 atom stereocenters. The van der Waals surface area contributed by atoms with E-state index >= 15 is 0 Å². The fourth-order valence-corrected chi connectivity index (χ4v) is 3.70. The summed E-state index contributed by atoms with van der Waals surface area (Å²) in [4.78, 5) is 32.7. The van der Waals surface area contributed by atoms with Crippen LogP contribution in [-0.2, 0) is 9.59 Å². The van der Waals surface area contributed by atoms with Crippen LogP contribution in [0.1, 0.15) is 31.9 Å². The summed E-state index contributed by atoms with van der Waals surface area (Å²) < 4.78 is 5.07. The summed E-state index contributed by atoms with van der Waals surface area (Å²) in [6.07, 6.45) is 1.93. The van der Waals surface area contributed by atoms with Crippen molar-refractivity contribution in [2.45, 2.75) is 38.4 Å². The van der Waals surface area contributed by atoms with E-state index in [9.17, 15) is 14.9 Å². The third-order valence-electron chi connectivity index (χ3n) is 5.20. The van der Waals surface area contributed by atoms with Gasteiger partial charge < -0.3 is 14.5 Å². The second-order valence-corrected chi connectivity index (χ2v) is 6.66. The molecular weight excluding hydrogens is 308 g/mol. The van der Waals surface area contributed by atoms with E-state index in [1.54, 1.807) is 44.1 Å². The predicted octanol–water partition coefficient (Wildman–Crippen LogP) is 1.12. The van der Waals surface area contributed by atoms with E-state index in [-0.39, 0.29) is 11.8 Å². The number of ether oxygens (including phenoxy) is 1. The van der Waals surface area contributed by atoms with Gasteiger partial charge in [0.25, 0.3) is 0 Å². The first-order valence-corrected chi connectivity index (χ1v) is 7.84. The van der Waals surface area contributed by atoms with Crippen molar-refractivity contribution in [2.75, 3.05) is 14.2 Å². The molecule has 0 aliphatic carbocycles. The number of carbonyl (C=O) groups excluding carboxylic acids is 2. The summed E-state index contributed by atoms with van der Waals surface area (Å²) >= 11 is 0. The normalized spacial score (nSPS) is 32.5. The third kappa shape index (κ3) is 2.13. The molecule has 0 bridgehead atoms. The van der Waals surface area contributed by atoms with Gasteiger partial charge in [-0.25, -0.2) is 4.98 Å². The van der Waals surface area contributed by atoms with Gasteiger partial charge in [-0.2, -0.15) is 5.26 Å². The zero-order chi connectivity index (χ0) is 17.6. The molecule has 2 aliphatic rings. The molecule has 0 saturated carbocycles. The average Bonchev–Trinajstić information content (AvgIpc) is 2.92. The number of aromatic nitrogens is 1. The van der Waals surface area contributed by atoms with E-state index in [0.717, 1.165) is 5.56 Å². The van der Waals surface area contributed by atoms with Gasteiger partial charge in [0.15, 0.2) is 0 Å². The summed E-state index contributed by atoms with van der Waals surface area (Å²) in [6.45, 7) is 3.51. The zero-order valence-corrected chi connectivity index (χ0v) is 14.2. The number of hydrogen-bond acceptors (Lipinski definition) is 5. The number of hydrogen-bond donors (Lipinski definition) is 0. The van der Waals surface area contributed by atoms with Crippen molar-refractivity contribution in [3.63, 3.8) is 0 Å². The van der Waals surface area contributed by atoms with Gasteiger partial charge >= 0.3 is 0 Å². The first-order chi connectivity index (χ1) is 11.3. The molecule has 24 heavy (non-hydrogen) atoms. The third-order valence-corrected chi connectivity index (χ3v) is 5.20. The van der Waals surface area contributed by atoms with Crippen molar-refractivity contribution in [2.24, 2.45) is 5.41 Å². The Morgan fingerprint density at radius 2 is 2.08 bits per heavy atom. The molecule has 0 unspecified atom stereocenters. The second kappa shape index (κ2) is 5.48. The van der Waals surface area contributed by atoms with Crippen molar-refractivity contribution in [1.29, 1.82) is 5.26 Å². The quantitative estimate of drug-likeness (QED) is 0.812. The fraction of sp³-hybridized carbons (Fsp3) is 0.529. The number of rotatable bonds is 2. The number of nitrogens with zero attached hydrogens (tertiary/aromatic N) is 4. The molecule has 0 radical (unpaired) electrons. The summed E-state index contributed by atoms with van der Waals surface area (Å²) in [7, 11) is 3.16. The molecule has 7 nitrogen and oxygen atoms in total. The summed E-state index contributed by atoms with van der Waals surface area (Å²) in [5.41, 5.74) is -0.114. The second-order valence-electron chi connectivity index (χ2n) is 6.66. The Morgan fingerprint density at radius 3 is 2.62 bits per heavy atom. The Labute approximate surface area is 140 Å². The van der Waals surface area contributed by atoms with Gasteiger partial charge in [-0.05, 0) is 31.9 Å². The standard InChI is InChI=1S/C17H20N4O3/c1-10-15(22)21-12(16(23)20(10)3)7-17(2,9-18)14(21)11-5-6-13(24-4)19-8-11/h5-6,8,10,12,14H,7H2,1-4H3/t10-,12+,14+,17-/m1/s1. The van der Waals surface area contributed by atoms with Crippen molar-refractivity contribution >= 4 is 11.8 Å². The molecule has 126 valence electrons. The van der Waals surface area contributed by atoms with Crippen LogP contribution < -0.4 is 4.74 Å². The maximum absolute atomic E-state index is 12.9. The molecule has 7 heteroatoms. The van der Waals surface area contributed by atoms with E-state index in [1.165, 1.54) is 12.0 Å². The summed E-state index contributed by atoms with van der Waals surface area (Å²) in [6, 6.07) is 4.18.